The topological polar surface area (TPSA) is 93.0 Å². The first-order valence-electron chi connectivity index (χ1n) is 6.94. The van der Waals surface area contributed by atoms with Gasteiger partial charge in [-0.2, -0.15) is 0 Å². The molecule has 2 aromatic carbocycles. The lowest BCUT2D eigenvalue weighted by atomic mass is 9.90. The molecule has 0 saturated heterocycles. The fourth-order valence-corrected chi connectivity index (χ4v) is 3.34. The van der Waals surface area contributed by atoms with E-state index in [0.29, 0.717) is 10.9 Å². The normalized spacial score (nSPS) is 17.2. The van der Waals surface area contributed by atoms with E-state index in [1.807, 2.05) is 0 Å². The molecule has 0 saturated carbocycles. The van der Waals surface area contributed by atoms with Crippen molar-refractivity contribution in [3.05, 3.63) is 45.4 Å². The Hall–Kier alpha value is -1.92. The Kier molecular flexibility index (Phi) is 3.88. The van der Waals surface area contributed by atoms with E-state index < -0.39 is 0 Å². The van der Waals surface area contributed by atoms with Crippen molar-refractivity contribution >= 4 is 15.9 Å². The third-order valence-electron chi connectivity index (χ3n) is 3.94. The maximum Gasteiger partial charge on any atom is 0.171 e. The first kappa shape index (κ1) is 15.0. The van der Waals surface area contributed by atoms with Crippen molar-refractivity contribution in [3.8, 4) is 23.0 Å². The van der Waals surface area contributed by atoms with Crippen LogP contribution < -0.4 is 5.32 Å². The van der Waals surface area contributed by atoms with Gasteiger partial charge in [-0.15, -0.1) is 0 Å². The molecule has 116 valence electrons. The average Bonchev–Trinajstić information content (AvgIpc) is 2.47. The predicted molar refractivity (Wildman–Crippen MR) is 85.4 cm³/mol. The SMILES string of the molecule is Oc1cc2c(cc1O)C(Cc1cc(O)c(O)c(Br)c1)NCC2. The maximum atomic E-state index is 9.73. The number of rotatable bonds is 2. The highest BCUT2D eigenvalue weighted by Crippen LogP contribution is 2.38. The van der Waals surface area contributed by atoms with Crippen LogP contribution in [0.15, 0.2) is 28.7 Å². The summed E-state index contributed by atoms with van der Waals surface area (Å²) in [4.78, 5) is 0. The van der Waals surface area contributed by atoms with Gasteiger partial charge in [0.2, 0.25) is 0 Å². The molecule has 0 amide bonds. The summed E-state index contributed by atoms with van der Waals surface area (Å²) in [6.45, 7) is 0.771. The van der Waals surface area contributed by atoms with E-state index in [2.05, 4.69) is 21.2 Å². The first-order chi connectivity index (χ1) is 10.5. The lowest BCUT2D eigenvalue weighted by Crippen LogP contribution is -2.31. The van der Waals surface area contributed by atoms with Crippen LogP contribution in [0.1, 0.15) is 22.7 Å². The molecule has 0 aliphatic carbocycles. The van der Waals surface area contributed by atoms with Gasteiger partial charge in [0.25, 0.3) is 0 Å². The number of hydrogen-bond acceptors (Lipinski definition) is 5. The number of hydrogen-bond donors (Lipinski definition) is 5. The van der Waals surface area contributed by atoms with Crippen molar-refractivity contribution in [3.63, 3.8) is 0 Å². The van der Waals surface area contributed by atoms with E-state index >= 15 is 0 Å². The Morgan fingerprint density at radius 2 is 1.73 bits per heavy atom. The Morgan fingerprint density at radius 3 is 2.45 bits per heavy atom. The second-order valence-corrected chi connectivity index (χ2v) is 6.30. The van der Waals surface area contributed by atoms with Crippen molar-refractivity contribution in [2.45, 2.75) is 18.9 Å². The van der Waals surface area contributed by atoms with Gasteiger partial charge in [-0.05, 0) is 76.3 Å². The molecular weight excluding hydrogens is 350 g/mol. The molecule has 1 heterocycles. The molecule has 5 nitrogen and oxygen atoms in total. The second-order valence-electron chi connectivity index (χ2n) is 5.45. The van der Waals surface area contributed by atoms with E-state index in [1.54, 1.807) is 18.2 Å². The predicted octanol–water partition coefficient (Wildman–Crippen LogP) is 2.70. The molecule has 0 spiro atoms. The Labute approximate surface area is 136 Å². The van der Waals surface area contributed by atoms with Gasteiger partial charge >= 0.3 is 0 Å². The zero-order valence-electron chi connectivity index (χ0n) is 11.7. The fraction of sp³-hybridized carbons (Fsp3) is 0.250. The highest BCUT2D eigenvalue weighted by atomic mass is 79.9. The van der Waals surface area contributed by atoms with E-state index in [9.17, 15) is 20.4 Å². The van der Waals surface area contributed by atoms with Gasteiger partial charge in [0, 0.05) is 6.04 Å². The van der Waals surface area contributed by atoms with Crippen molar-refractivity contribution in [1.29, 1.82) is 0 Å². The van der Waals surface area contributed by atoms with Gasteiger partial charge in [-0.25, -0.2) is 0 Å². The summed E-state index contributed by atoms with van der Waals surface area (Å²) in [5.41, 5.74) is 2.78. The largest absolute Gasteiger partial charge is 0.504 e. The number of phenolic OH excluding ortho intramolecular Hbond substituents is 4. The third kappa shape index (κ3) is 2.71. The summed E-state index contributed by atoms with van der Waals surface area (Å²) >= 11 is 3.21. The van der Waals surface area contributed by atoms with E-state index in [4.69, 9.17) is 0 Å². The van der Waals surface area contributed by atoms with Crippen LogP contribution >= 0.6 is 15.9 Å². The number of halogens is 1. The highest BCUT2D eigenvalue weighted by Gasteiger charge is 2.22. The number of phenols is 4. The van der Waals surface area contributed by atoms with Crippen LogP contribution in [0.4, 0.5) is 0 Å². The maximum absolute atomic E-state index is 9.73. The molecule has 1 aliphatic heterocycles. The van der Waals surface area contributed by atoms with Crippen LogP contribution in [0, 0.1) is 0 Å². The van der Waals surface area contributed by atoms with Gasteiger partial charge in [0.1, 0.15) is 0 Å². The summed E-state index contributed by atoms with van der Waals surface area (Å²) < 4.78 is 0.437. The van der Waals surface area contributed by atoms with Crippen molar-refractivity contribution in [2.24, 2.45) is 0 Å². The van der Waals surface area contributed by atoms with Gasteiger partial charge in [-0.1, -0.05) is 0 Å². The van der Waals surface area contributed by atoms with Gasteiger partial charge in [0.05, 0.1) is 4.47 Å². The molecule has 5 N–H and O–H groups in total. The van der Waals surface area contributed by atoms with Gasteiger partial charge in [0.15, 0.2) is 23.0 Å². The van der Waals surface area contributed by atoms with Crippen LogP contribution in [-0.4, -0.2) is 27.0 Å². The molecule has 1 aliphatic rings. The van der Waals surface area contributed by atoms with Crippen molar-refractivity contribution < 1.29 is 20.4 Å². The number of fused-ring (bicyclic) bond motifs is 1. The van der Waals surface area contributed by atoms with E-state index in [0.717, 1.165) is 29.7 Å². The first-order valence-corrected chi connectivity index (χ1v) is 7.73. The Balaban J connectivity index is 1.94. The second kappa shape index (κ2) is 5.70. The summed E-state index contributed by atoms with van der Waals surface area (Å²) in [6, 6.07) is 6.42. The number of benzene rings is 2. The molecule has 22 heavy (non-hydrogen) atoms. The number of aromatic hydroxyl groups is 4. The van der Waals surface area contributed by atoms with Crippen LogP contribution in [0.2, 0.25) is 0 Å². The average molecular weight is 366 g/mol. The monoisotopic (exact) mass is 365 g/mol. The molecular formula is C16H16BrNO4. The minimum Gasteiger partial charge on any atom is -0.504 e. The van der Waals surface area contributed by atoms with Crippen LogP contribution in [-0.2, 0) is 12.8 Å². The van der Waals surface area contributed by atoms with Crippen LogP contribution in [0.3, 0.4) is 0 Å². The highest BCUT2D eigenvalue weighted by molar-refractivity contribution is 9.10. The summed E-state index contributed by atoms with van der Waals surface area (Å²) in [5, 5.41) is 42.0. The lowest BCUT2D eigenvalue weighted by Gasteiger charge is -2.27. The third-order valence-corrected chi connectivity index (χ3v) is 4.54. The molecule has 1 atom stereocenters. The van der Waals surface area contributed by atoms with Crippen LogP contribution in [0.25, 0.3) is 0 Å². The van der Waals surface area contributed by atoms with Crippen molar-refractivity contribution in [2.75, 3.05) is 6.54 Å². The standard InChI is InChI=1S/C16H16BrNO4/c17-11-3-8(5-15(21)16(11)22)4-12-10-7-14(20)13(19)6-9(10)1-2-18-12/h3,5-7,12,18-22H,1-2,4H2. The summed E-state index contributed by atoms with van der Waals surface area (Å²) in [7, 11) is 0. The quantitative estimate of drug-likeness (QED) is 0.527. The molecule has 0 aromatic heterocycles. The van der Waals surface area contributed by atoms with E-state index in [1.165, 1.54) is 6.07 Å². The molecule has 6 heteroatoms. The zero-order valence-corrected chi connectivity index (χ0v) is 13.3. The zero-order chi connectivity index (χ0) is 15.9. The van der Waals surface area contributed by atoms with Gasteiger partial charge < -0.3 is 25.7 Å². The Bertz CT molecular complexity index is 709. The lowest BCUT2D eigenvalue weighted by molar-refractivity contribution is 0.397. The summed E-state index contributed by atoms with van der Waals surface area (Å²) in [6.07, 6.45) is 1.37. The minimum absolute atomic E-state index is 0.0360. The van der Waals surface area contributed by atoms with Crippen LogP contribution in [0.5, 0.6) is 23.0 Å². The smallest absolute Gasteiger partial charge is 0.171 e. The molecule has 0 bridgehead atoms. The molecule has 0 fully saturated rings. The number of nitrogens with one attached hydrogen (secondary N) is 1. The van der Waals surface area contributed by atoms with E-state index in [-0.39, 0.29) is 29.0 Å². The molecule has 3 rings (SSSR count). The molecule has 0 radical (unpaired) electrons. The molecule has 1 unspecified atom stereocenters. The minimum atomic E-state index is -0.177. The summed E-state index contributed by atoms with van der Waals surface area (Å²) in [5.74, 6) is -0.594. The van der Waals surface area contributed by atoms with Crippen molar-refractivity contribution in [1.82, 2.24) is 5.32 Å². The molecule has 2 aromatic rings. The fourth-order valence-electron chi connectivity index (χ4n) is 2.84. The Morgan fingerprint density at radius 1 is 1.00 bits per heavy atom. The van der Waals surface area contributed by atoms with Gasteiger partial charge in [-0.3, -0.25) is 0 Å².